The van der Waals surface area contributed by atoms with Gasteiger partial charge < -0.3 is 15.3 Å². The Hall–Kier alpha value is -2.14. The van der Waals surface area contributed by atoms with Crippen LogP contribution in [0.15, 0.2) is 30.3 Å². The van der Waals surface area contributed by atoms with E-state index in [4.69, 9.17) is 5.11 Å². The Labute approximate surface area is 136 Å². The van der Waals surface area contributed by atoms with Crippen LogP contribution in [0.5, 0.6) is 0 Å². The number of nitrogens with zero attached hydrogens (tertiary/aromatic N) is 1. The number of rotatable bonds is 7. The Morgan fingerprint density at radius 3 is 2.43 bits per heavy atom. The zero-order chi connectivity index (χ0) is 16.2. The lowest BCUT2D eigenvalue weighted by atomic mass is 10.1. The highest BCUT2D eigenvalue weighted by molar-refractivity contribution is 5.95. The Morgan fingerprint density at radius 1 is 1.17 bits per heavy atom. The van der Waals surface area contributed by atoms with Crippen LogP contribution in [0.3, 0.4) is 0 Å². The van der Waals surface area contributed by atoms with E-state index in [0.29, 0.717) is 18.2 Å². The van der Waals surface area contributed by atoms with Gasteiger partial charge in [-0.1, -0.05) is 12.1 Å². The van der Waals surface area contributed by atoms with Gasteiger partial charge in [0.25, 0.3) is 5.91 Å². The number of aliphatic hydroxyl groups is 1. The maximum Gasteiger partial charge on any atom is 0.251 e. The average Bonchev–Trinajstić information content (AvgIpc) is 3.44. The molecule has 0 heterocycles. The minimum Gasteiger partial charge on any atom is -0.395 e. The van der Waals surface area contributed by atoms with Crippen LogP contribution < -0.4 is 5.32 Å². The van der Waals surface area contributed by atoms with Crippen molar-refractivity contribution in [3.05, 3.63) is 41.5 Å². The van der Waals surface area contributed by atoms with E-state index in [9.17, 15) is 9.59 Å². The van der Waals surface area contributed by atoms with Crippen LogP contribution in [-0.4, -0.2) is 47.1 Å². The zero-order valence-electron chi connectivity index (χ0n) is 13.1. The Balaban J connectivity index is 1.58. The van der Waals surface area contributed by atoms with Gasteiger partial charge in [-0.2, -0.15) is 0 Å². The van der Waals surface area contributed by atoms with E-state index >= 15 is 0 Å². The molecule has 23 heavy (non-hydrogen) atoms. The van der Waals surface area contributed by atoms with Crippen molar-refractivity contribution < 1.29 is 14.7 Å². The second kappa shape index (κ2) is 6.96. The molecule has 122 valence electrons. The normalized spacial score (nSPS) is 17.3. The number of nitrogens with one attached hydrogen (secondary N) is 1. The molecule has 0 saturated heterocycles. The Kier molecular flexibility index (Phi) is 4.76. The molecule has 3 rings (SSSR count). The summed E-state index contributed by atoms with van der Waals surface area (Å²) in [5, 5.41) is 12.0. The van der Waals surface area contributed by atoms with Crippen LogP contribution in [0.2, 0.25) is 0 Å². The van der Waals surface area contributed by atoms with Crippen molar-refractivity contribution in [2.24, 2.45) is 0 Å². The van der Waals surface area contributed by atoms with Gasteiger partial charge in [0.1, 0.15) is 0 Å². The highest BCUT2D eigenvalue weighted by Crippen LogP contribution is 2.26. The number of aliphatic hydroxyl groups excluding tert-OH is 1. The zero-order valence-corrected chi connectivity index (χ0v) is 13.1. The average molecular weight is 314 g/mol. The lowest BCUT2D eigenvalue weighted by Crippen LogP contribution is -2.34. The van der Waals surface area contributed by atoms with Gasteiger partial charge in [-0.05, 0) is 49.5 Å². The third kappa shape index (κ3) is 4.42. The van der Waals surface area contributed by atoms with E-state index in [1.54, 1.807) is 23.1 Å². The van der Waals surface area contributed by atoms with E-state index in [1.807, 2.05) is 12.1 Å². The first-order valence-electron chi connectivity index (χ1n) is 8.18. The van der Waals surface area contributed by atoms with Crippen molar-refractivity contribution in [2.45, 2.75) is 37.8 Å². The van der Waals surface area contributed by atoms with Crippen LogP contribution in [0.1, 0.15) is 41.6 Å². The third-order valence-corrected chi connectivity index (χ3v) is 4.12. The number of benzene rings is 1. The van der Waals surface area contributed by atoms with Gasteiger partial charge in [-0.25, -0.2) is 0 Å². The van der Waals surface area contributed by atoms with Crippen LogP contribution in [0, 0.1) is 0 Å². The molecule has 1 aromatic rings. The molecule has 0 bridgehead atoms. The fraction of sp³-hybridized carbons (Fsp3) is 0.444. The number of carbonyl (C=O) groups excluding carboxylic acids is 2. The fourth-order valence-corrected chi connectivity index (χ4v) is 2.47. The van der Waals surface area contributed by atoms with Crippen LogP contribution in [0.4, 0.5) is 0 Å². The number of hydrogen-bond donors (Lipinski definition) is 2. The topological polar surface area (TPSA) is 69.6 Å². The minimum absolute atomic E-state index is 0.0130. The first-order chi connectivity index (χ1) is 11.2. The summed E-state index contributed by atoms with van der Waals surface area (Å²) >= 11 is 0. The molecule has 2 aliphatic carbocycles. The number of amides is 2. The molecule has 2 fully saturated rings. The Bertz CT molecular complexity index is 601. The largest absolute Gasteiger partial charge is 0.395 e. The molecular weight excluding hydrogens is 292 g/mol. The molecule has 0 unspecified atom stereocenters. The summed E-state index contributed by atoms with van der Waals surface area (Å²) in [4.78, 5) is 25.8. The summed E-state index contributed by atoms with van der Waals surface area (Å²) in [5.41, 5.74) is 1.52. The molecular formula is C18H22N2O3. The molecule has 0 radical (unpaired) electrons. The molecule has 5 heteroatoms. The quantitative estimate of drug-likeness (QED) is 0.751. The molecule has 1 aromatic carbocycles. The summed E-state index contributed by atoms with van der Waals surface area (Å²) in [7, 11) is 0. The maximum atomic E-state index is 12.2. The second-order valence-electron chi connectivity index (χ2n) is 6.19. The highest BCUT2D eigenvalue weighted by Gasteiger charge is 2.30. The smallest absolute Gasteiger partial charge is 0.251 e. The van der Waals surface area contributed by atoms with Gasteiger partial charge >= 0.3 is 0 Å². The molecule has 5 nitrogen and oxygen atoms in total. The van der Waals surface area contributed by atoms with E-state index < -0.39 is 0 Å². The molecule has 2 saturated carbocycles. The molecule has 2 amide bonds. The monoisotopic (exact) mass is 314 g/mol. The van der Waals surface area contributed by atoms with Crippen molar-refractivity contribution in [1.82, 2.24) is 10.2 Å². The van der Waals surface area contributed by atoms with E-state index in [-0.39, 0.29) is 24.5 Å². The predicted octanol–water partition coefficient (Wildman–Crippen LogP) is 1.58. The van der Waals surface area contributed by atoms with E-state index in [2.05, 4.69) is 5.32 Å². The Morgan fingerprint density at radius 2 is 1.87 bits per heavy atom. The first kappa shape index (κ1) is 15.7. The van der Waals surface area contributed by atoms with E-state index in [0.717, 1.165) is 31.2 Å². The molecule has 0 spiro atoms. The first-order valence-corrected chi connectivity index (χ1v) is 8.18. The lowest BCUT2D eigenvalue weighted by Gasteiger charge is -2.19. The SMILES string of the molecule is O=C(NC1CC1)c1ccc(/C=C/C(=O)N(CCO)C2CC2)cc1. The van der Waals surface area contributed by atoms with Gasteiger partial charge in [0.05, 0.1) is 6.61 Å². The van der Waals surface area contributed by atoms with Crippen molar-refractivity contribution in [1.29, 1.82) is 0 Å². The van der Waals surface area contributed by atoms with Gasteiger partial charge in [0.2, 0.25) is 5.91 Å². The van der Waals surface area contributed by atoms with Gasteiger partial charge in [0, 0.05) is 30.3 Å². The summed E-state index contributed by atoms with van der Waals surface area (Å²) in [6.45, 7) is 0.370. The van der Waals surface area contributed by atoms with Gasteiger partial charge in [-0.15, -0.1) is 0 Å². The van der Waals surface area contributed by atoms with Crippen LogP contribution in [-0.2, 0) is 4.79 Å². The lowest BCUT2D eigenvalue weighted by molar-refractivity contribution is -0.127. The molecule has 0 aromatic heterocycles. The highest BCUT2D eigenvalue weighted by atomic mass is 16.3. The fourth-order valence-electron chi connectivity index (χ4n) is 2.47. The molecule has 2 N–H and O–H groups in total. The molecule has 0 atom stereocenters. The van der Waals surface area contributed by atoms with Gasteiger partial charge in [0.15, 0.2) is 0 Å². The van der Waals surface area contributed by atoms with Crippen molar-refractivity contribution in [2.75, 3.05) is 13.2 Å². The summed E-state index contributed by atoms with van der Waals surface area (Å²) in [5.74, 6) is -0.112. The van der Waals surface area contributed by atoms with Crippen molar-refractivity contribution >= 4 is 17.9 Å². The van der Waals surface area contributed by atoms with Crippen LogP contribution in [0.25, 0.3) is 6.08 Å². The van der Waals surface area contributed by atoms with Crippen molar-refractivity contribution in [3.63, 3.8) is 0 Å². The van der Waals surface area contributed by atoms with Crippen molar-refractivity contribution in [3.8, 4) is 0 Å². The molecule has 0 aliphatic heterocycles. The number of carbonyl (C=O) groups is 2. The molecule has 2 aliphatic rings. The summed E-state index contributed by atoms with van der Waals surface area (Å²) in [6, 6.07) is 7.84. The summed E-state index contributed by atoms with van der Waals surface area (Å²) in [6.07, 6.45) is 7.46. The number of hydrogen-bond acceptors (Lipinski definition) is 3. The van der Waals surface area contributed by atoms with Gasteiger partial charge in [-0.3, -0.25) is 9.59 Å². The maximum absolute atomic E-state index is 12.2. The predicted molar refractivity (Wildman–Crippen MR) is 87.8 cm³/mol. The third-order valence-electron chi connectivity index (χ3n) is 4.12. The summed E-state index contributed by atoms with van der Waals surface area (Å²) < 4.78 is 0. The van der Waals surface area contributed by atoms with Crippen LogP contribution >= 0.6 is 0 Å². The minimum atomic E-state index is -0.0721. The van der Waals surface area contributed by atoms with E-state index in [1.165, 1.54) is 6.08 Å². The second-order valence-corrected chi connectivity index (χ2v) is 6.19. The standard InChI is InChI=1S/C18H22N2O3/c21-12-11-20(16-8-9-16)17(22)10-3-13-1-4-14(5-2-13)18(23)19-15-6-7-15/h1-5,10,15-16,21H,6-9,11-12H2,(H,19,23)/b10-3+.